The summed E-state index contributed by atoms with van der Waals surface area (Å²) in [4.78, 5) is 34.4. The Labute approximate surface area is 153 Å². The smallest absolute Gasteiger partial charge is 0.230 e. The molecule has 3 aromatic rings. The second-order valence-electron chi connectivity index (χ2n) is 6.09. The fourth-order valence-corrected chi connectivity index (χ4v) is 2.95. The Balaban J connectivity index is 1.46. The molecule has 0 saturated carbocycles. The van der Waals surface area contributed by atoms with Gasteiger partial charge in [-0.2, -0.15) is 5.10 Å². The number of hydrogen-bond donors (Lipinski definition) is 1. The van der Waals surface area contributed by atoms with Crippen LogP contribution >= 0.6 is 0 Å². The molecule has 1 atom stereocenters. The Hall–Kier alpha value is -3.62. The molecule has 136 valence electrons. The van der Waals surface area contributed by atoms with Gasteiger partial charge in [0.2, 0.25) is 11.8 Å². The van der Waals surface area contributed by atoms with Crippen LogP contribution in [0.15, 0.2) is 55.1 Å². The van der Waals surface area contributed by atoms with Crippen molar-refractivity contribution >= 4 is 23.3 Å². The first-order chi connectivity index (χ1) is 13.1. The molecule has 4 rings (SSSR count). The topological polar surface area (TPSA) is 93.0 Å². The number of aromatic nitrogens is 4. The van der Waals surface area contributed by atoms with Crippen molar-refractivity contribution in [1.82, 2.24) is 19.7 Å². The average Bonchev–Trinajstić information content (AvgIpc) is 3.32. The van der Waals surface area contributed by atoms with Crippen LogP contribution < -0.4 is 10.2 Å². The van der Waals surface area contributed by atoms with Crippen molar-refractivity contribution in [3.05, 3.63) is 60.9 Å². The van der Waals surface area contributed by atoms with Crippen LogP contribution in [0.5, 0.6) is 0 Å². The lowest BCUT2D eigenvalue weighted by molar-refractivity contribution is -0.122. The third kappa shape index (κ3) is 3.52. The molecular formula is C18H15FN6O2. The molecule has 0 bridgehead atoms. The number of rotatable bonds is 4. The van der Waals surface area contributed by atoms with Crippen molar-refractivity contribution < 1.29 is 14.0 Å². The van der Waals surface area contributed by atoms with E-state index in [1.165, 1.54) is 29.4 Å². The minimum Gasteiger partial charge on any atom is -0.311 e. The second-order valence-corrected chi connectivity index (χ2v) is 6.09. The summed E-state index contributed by atoms with van der Waals surface area (Å²) in [5.41, 5.74) is 0.443. The van der Waals surface area contributed by atoms with E-state index in [-0.39, 0.29) is 24.8 Å². The summed E-state index contributed by atoms with van der Waals surface area (Å²) < 4.78 is 15.0. The van der Waals surface area contributed by atoms with E-state index >= 15 is 0 Å². The summed E-state index contributed by atoms with van der Waals surface area (Å²) >= 11 is 0. The summed E-state index contributed by atoms with van der Waals surface area (Å²) in [6, 6.07) is 9.10. The predicted molar refractivity (Wildman–Crippen MR) is 94.6 cm³/mol. The van der Waals surface area contributed by atoms with Crippen LogP contribution in [0.1, 0.15) is 6.42 Å². The zero-order valence-corrected chi connectivity index (χ0v) is 14.1. The minimum absolute atomic E-state index is 0.0550. The Bertz CT molecular complexity index is 991. The van der Waals surface area contributed by atoms with Gasteiger partial charge in [0.15, 0.2) is 5.82 Å². The van der Waals surface area contributed by atoms with E-state index in [1.54, 1.807) is 35.3 Å². The van der Waals surface area contributed by atoms with E-state index in [9.17, 15) is 14.0 Å². The number of amides is 2. The Morgan fingerprint density at radius 2 is 2.11 bits per heavy atom. The van der Waals surface area contributed by atoms with Gasteiger partial charge in [0.05, 0.1) is 5.92 Å². The fraction of sp³-hybridized carbons (Fsp3) is 0.167. The first-order valence-electron chi connectivity index (χ1n) is 8.29. The molecule has 2 amide bonds. The van der Waals surface area contributed by atoms with E-state index in [2.05, 4.69) is 20.4 Å². The number of anilines is 2. The molecule has 27 heavy (non-hydrogen) atoms. The molecule has 1 fully saturated rings. The maximum absolute atomic E-state index is 13.4. The largest absolute Gasteiger partial charge is 0.311 e. The third-order valence-electron chi connectivity index (χ3n) is 4.26. The van der Waals surface area contributed by atoms with Gasteiger partial charge in [0.25, 0.3) is 0 Å². The third-order valence-corrected chi connectivity index (χ3v) is 4.26. The maximum atomic E-state index is 13.4. The highest BCUT2D eigenvalue weighted by Gasteiger charge is 2.35. The van der Waals surface area contributed by atoms with Crippen LogP contribution in [0.4, 0.5) is 15.9 Å². The van der Waals surface area contributed by atoms with Gasteiger partial charge in [0.1, 0.15) is 18.0 Å². The van der Waals surface area contributed by atoms with Crippen LogP contribution in [0, 0.1) is 11.7 Å². The van der Waals surface area contributed by atoms with Crippen molar-refractivity contribution in [3.63, 3.8) is 0 Å². The zero-order valence-electron chi connectivity index (χ0n) is 14.1. The molecule has 9 heteroatoms. The summed E-state index contributed by atoms with van der Waals surface area (Å²) in [6.07, 6.45) is 4.72. The van der Waals surface area contributed by atoms with Crippen LogP contribution in [-0.4, -0.2) is 38.1 Å². The van der Waals surface area contributed by atoms with Crippen molar-refractivity contribution in [2.24, 2.45) is 5.92 Å². The number of carbonyl (C=O) groups excluding carboxylic acids is 2. The first kappa shape index (κ1) is 16.8. The number of carbonyl (C=O) groups is 2. The van der Waals surface area contributed by atoms with Gasteiger partial charge < -0.3 is 10.2 Å². The lowest BCUT2D eigenvalue weighted by atomic mass is 10.1. The molecule has 1 unspecified atom stereocenters. The molecule has 1 saturated heterocycles. The standard InChI is InChI=1S/C18H15FN6O2/c19-13-3-1-4-14(8-13)24-10-12(7-17(24)26)18(27)23-15-9-16(21-11-20-15)25-6-2-5-22-25/h1-6,8-9,11-12H,7,10H2,(H,20,21,23,27). The summed E-state index contributed by atoms with van der Waals surface area (Å²) in [5, 5.41) is 6.78. The monoisotopic (exact) mass is 366 g/mol. The Morgan fingerprint density at radius 1 is 1.22 bits per heavy atom. The van der Waals surface area contributed by atoms with E-state index < -0.39 is 11.7 Å². The second kappa shape index (κ2) is 6.94. The first-order valence-corrected chi connectivity index (χ1v) is 8.29. The highest BCUT2D eigenvalue weighted by atomic mass is 19.1. The van der Waals surface area contributed by atoms with E-state index in [4.69, 9.17) is 0 Å². The molecule has 1 N–H and O–H groups in total. The minimum atomic E-state index is -0.552. The molecule has 2 aromatic heterocycles. The van der Waals surface area contributed by atoms with Gasteiger partial charge in [-0.25, -0.2) is 19.0 Å². The van der Waals surface area contributed by atoms with Gasteiger partial charge in [-0.15, -0.1) is 0 Å². The molecule has 1 aliphatic heterocycles. The van der Waals surface area contributed by atoms with Crippen molar-refractivity contribution in [3.8, 4) is 5.82 Å². The normalized spacial score (nSPS) is 16.6. The van der Waals surface area contributed by atoms with E-state index in [1.807, 2.05) is 0 Å². The van der Waals surface area contributed by atoms with Crippen molar-refractivity contribution in [2.45, 2.75) is 6.42 Å². The molecule has 0 radical (unpaired) electrons. The fourth-order valence-electron chi connectivity index (χ4n) is 2.95. The molecule has 0 spiro atoms. The molecule has 3 heterocycles. The van der Waals surface area contributed by atoms with Crippen molar-refractivity contribution in [2.75, 3.05) is 16.8 Å². The van der Waals surface area contributed by atoms with E-state index in [0.29, 0.717) is 17.3 Å². The lowest BCUT2D eigenvalue weighted by Gasteiger charge is -2.16. The van der Waals surface area contributed by atoms with Crippen LogP contribution in [0.2, 0.25) is 0 Å². The van der Waals surface area contributed by atoms with Gasteiger partial charge in [-0.1, -0.05) is 6.07 Å². The van der Waals surface area contributed by atoms with Crippen LogP contribution in [0.25, 0.3) is 5.82 Å². The van der Waals surface area contributed by atoms with Crippen LogP contribution in [0.3, 0.4) is 0 Å². The number of hydrogen-bond acceptors (Lipinski definition) is 5. The van der Waals surface area contributed by atoms with Crippen LogP contribution in [-0.2, 0) is 9.59 Å². The van der Waals surface area contributed by atoms with Gasteiger partial charge >= 0.3 is 0 Å². The molecule has 1 aliphatic rings. The highest BCUT2D eigenvalue weighted by Crippen LogP contribution is 2.26. The number of nitrogens with zero attached hydrogens (tertiary/aromatic N) is 5. The zero-order chi connectivity index (χ0) is 18.8. The Morgan fingerprint density at radius 3 is 2.89 bits per heavy atom. The summed E-state index contributed by atoms with van der Waals surface area (Å²) in [7, 11) is 0. The summed E-state index contributed by atoms with van der Waals surface area (Å²) in [5.74, 6) is -0.705. The number of benzene rings is 1. The number of nitrogens with one attached hydrogen (secondary N) is 1. The lowest BCUT2D eigenvalue weighted by Crippen LogP contribution is -2.28. The van der Waals surface area contributed by atoms with Gasteiger partial charge in [0, 0.05) is 37.1 Å². The quantitative estimate of drug-likeness (QED) is 0.760. The van der Waals surface area contributed by atoms with Gasteiger partial charge in [-0.3, -0.25) is 9.59 Å². The van der Waals surface area contributed by atoms with E-state index in [0.717, 1.165) is 0 Å². The van der Waals surface area contributed by atoms with Gasteiger partial charge in [-0.05, 0) is 24.3 Å². The average molecular weight is 366 g/mol. The SMILES string of the molecule is O=C(Nc1cc(-n2cccn2)ncn1)C1CC(=O)N(c2cccc(F)c2)C1. The molecule has 8 nitrogen and oxygen atoms in total. The van der Waals surface area contributed by atoms with Crippen molar-refractivity contribution in [1.29, 1.82) is 0 Å². The molecule has 0 aliphatic carbocycles. The number of halogens is 1. The molecule has 1 aromatic carbocycles. The summed E-state index contributed by atoms with van der Waals surface area (Å²) in [6.45, 7) is 0.186. The maximum Gasteiger partial charge on any atom is 0.230 e. The predicted octanol–water partition coefficient (Wildman–Crippen LogP) is 1.79. The molecular weight excluding hydrogens is 351 g/mol. The Kier molecular flexibility index (Phi) is 4.33. The highest BCUT2D eigenvalue weighted by molar-refractivity contribution is 6.03.